The van der Waals surface area contributed by atoms with E-state index in [0.29, 0.717) is 18.4 Å². The van der Waals surface area contributed by atoms with Crippen molar-refractivity contribution in [3.8, 4) is 0 Å². The van der Waals surface area contributed by atoms with E-state index in [1.165, 1.54) is 0 Å². The van der Waals surface area contributed by atoms with Gasteiger partial charge in [0.05, 0.1) is 5.54 Å². The van der Waals surface area contributed by atoms with Crippen molar-refractivity contribution in [3.63, 3.8) is 0 Å². The lowest BCUT2D eigenvalue weighted by Gasteiger charge is -2.32. The van der Waals surface area contributed by atoms with Gasteiger partial charge < -0.3 is 10.6 Å². The van der Waals surface area contributed by atoms with Gasteiger partial charge in [-0.2, -0.15) is 0 Å². The predicted octanol–water partition coefficient (Wildman–Crippen LogP) is 2.95. The highest BCUT2D eigenvalue weighted by Crippen LogP contribution is 2.18. The standard InChI is InChI=1S/C15H32N2O/c1-7-10-15(6,14(18)16-9-3)17-11-13(8-2)12(4)5/h12-13,17H,7-11H2,1-6H3,(H,16,18). The molecule has 0 rings (SSSR count). The van der Waals surface area contributed by atoms with Gasteiger partial charge in [-0.1, -0.05) is 40.5 Å². The van der Waals surface area contributed by atoms with Crippen molar-refractivity contribution in [3.05, 3.63) is 0 Å². The van der Waals surface area contributed by atoms with Crippen molar-refractivity contribution in [2.45, 2.75) is 66.3 Å². The molecule has 0 aliphatic rings. The third-order valence-corrected chi connectivity index (χ3v) is 3.81. The van der Waals surface area contributed by atoms with Gasteiger partial charge in [0, 0.05) is 6.54 Å². The first-order valence-electron chi connectivity index (χ1n) is 7.44. The lowest BCUT2D eigenvalue weighted by atomic mass is 9.89. The van der Waals surface area contributed by atoms with Gasteiger partial charge in [0.1, 0.15) is 0 Å². The molecule has 2 unspecified atom stereocenters. The molecule has 0 aromatic heterocycles. The minimum Gasteiger partial charge on any atom is -0.355 e. The Bertz CT molecular complexity index is 241. The molecule has 1 amide bonds. The second-order valence-electron chi connectivity index (χ2n) is 5.73. The van der Waals surface area contributed by atoms with E-state index in [1.54, 1.807) is 0 Å². The second kappa shape index (κ2) is 8.52. The van der Waals surface area contributed by atoms with Crippen LogP contribution in [0.2, 0.25) is 0 Å². The van der Waals surface area contributed by atoms with Crippen LogP contribution in [-0.2, 0) is 4.79 Å². The number of carbonyl (C=O) groups is 1. The highest BCUT2D eigenvalue weighted by Gasteiger charge is 2.31. The van der Waals surface area contributed by atoms with Crippen molar-refractivity contribution in [1.82, 2.24) is 10.6 Å². The minimum atomic E-state index is -0.424. The van der Waals surface area contributed by atoms with Crippen LogP contribution >= 0.6 is 0 Å². The molecule has 0 bridgehead atoms. The smallest absolute Gasteiger partial charge is 0.240 e. The van der Waals surface area contributed by atoms with Gasteiger partial charge in [0.2, 0.25) is 5.91 Å². The minimum absolute atomic E-state index is 0.130. The van der Waals surface area contributed by atoms with E-state index >= 15 is 0 Å². The number of amides is 1. The summed E-state index contributed by atoms with van der Waals surface area (Å²) >= 11 is 0. The fraction of sp³-hybridized carbons (Fsp3) is 0.933. The van der Waals surface area contributed by atoms with E-state index in [-0.39, 0.29) is 5.91 Å². The van der Waals surface area contributed by atoms with E-state index in [0.717, 1.165) is 25.8 Å². The van der Waals surface area contributed by atoms with Crippen LogP contribution in [0.15, 0.2) is 0 Å². The molecule has 0 aromatic rings. The topological polar surface area (TPSA) is 41.1 Å². The average molecular weight is 256 g/mol. The van der Waals surface area contributed by atoms with Gasteiger partial charge in [-0.3, -0.25) is 4.79 Å². The molecular formula is C15H32N2O. The fourth-order valence-electron chi connectivity index (χ4n) is 2.35. The van der Waals surface area contributed by atoms with Gasteiger partial charge in [0.15, 0.2) is 0 Å². The van der Waals surface area contributed by atoms with E-state index in [9.17, 15) is 4.79 Å². The first-order chi connectivity index (χ1) is 8.41. The van der Waals surface area contributed by atoms with Gasteiger partial charge in [-0.25, -0.2) is 0 Å². The number of nitrogens with one attached hydrogen (secondary N) is 2. The van der Waals surface area contributed by atoms with E-state index < -0.39 is 5.54 Å². The summed E-state index contributed by atoms with van der Waals surface area (Å²) in [7, 11) is 0. The van der Waals surface area contributed by atoms with Crippen LogP contribution in [0.1, 0.15) is 60.8 Å². The molecule has 108 valence electrons. The van der Waals surface area contributed by atoms with Crippen molar-refractivity contribution in [2.24, 2.45) is 11.8 Å². The zero-order valence-electron chi connectivity index (χ0n) is 13.1. The first kappa shape index (κ1) is 17.4. The Morgan fingerprint density at radius 2 is 1.83 bits per heavy atom. The highest BCUT2D eigenvalue weighted by molar-refractivity contribution is 5.85. The zero-order chi connectivity index (χ0) is 14.2. The molecule has 3 heteroatoms. The summed E-state index contributed by atoms with van der Waals surface area (Å²) in [4.78, 5) is 12.2. The third-order valence-electron chi connectivity index (χ3n) is 3.81. The SMILES string of the molecule is CCCC(C)(NCC(CC)C(C)C)C(=O)NCC. The van der Waals surface area contributed by atoms with Gasteiger partial charge in [-0.05, 0) is 38.6 Å². The first-order valence-corrected chi connectivity index (χ1v) is 7.44. The molecule has 2 N–H and O–H groups in total. The highest BCUT2D eigenvalue weighted by atomic mass is 16.2. The number of likely N-dealkylation sites (N-methyl/N-ethyl adjacent to an activating group) is 1. The summed E-state index contributed by atoms with van der Waals surface area (Å²) in [6.45, 7) is 14.4. The summed E-state index contributed by atoms with van der Waals surface area (Å²) < 4.78 is 0. The van der Waals surface area contributed by atoms with Gasteiger partial charge in [0.25, 0.3) is 0 Å². The van der Waals surface area contributed by atoms with Crippen molar-refractivity contribution >= 4 is 5.91 Å². The lowest BCUT2D eigenvalue weighted by molar-refractivity contribution is -0.127. The summed E-state index contributed by atoms with van der Waals surface area (Å²) in [6.07, 6.45) is 3.05. The van der Waals surface area contributed by atoms with Crippen molar-refractivity contribution in [2.75, 3.05) is 13.1 Å². The third kappa shape index (κ3) is 5.38. The molecule has 0 saturated carbocycles. The molecule has 0 radical (unpaired) electrons. The molecule has 0 aromatic carbocycles. The monoisotopic (exact) mass is 256 g/mol. The summed E-state index contributed by atoms with van der Waals surface area (Å²) in [5, 5.41) is 6.44. The Morgan fingerprint density at radius 1 is 1.22 bits per heavy atom. The molecule has 0 saturated heterocycles. The van der Waals surface area contributed by atoms with E-state index in [2.05, 4.69) is 38.3 Å². The summed E-state index contributed by atoms with van der Waals surface area (Å²) in [6, 6.07) is 0. The van der Waals surface area contributed by atoms with Gasteiger partial charge in [-0.15, -0.1) is 0 Å². The summed E-state index contributed by atoms with van der Waals surface area (Å²) in [5.41, 5.74) is -0.424. The molecule has 0 aliphatic heterocycles. The number of carbonyl (C=O) groups excluding carboxylic acids is 1. The maximum atomic E-state index is 12.2. The molecule has 2 atom stereocenters. The number of rotatable bonds is 9. The molecule has 0 aliphatic carbocycles. The van der Waals surface area contributed by atoms with Crippen LogP contribution in [0.25, 0.3) is 0 Å². The maximum absolute atomic E-state index is 12.2. The van der Waals surface area contributed by atoms with Crippen LogP contribution < -0.4 is 10.6 Å². The average Bonchev–Trinajstić information content (AvgIpc) is 2.30. The van der Waals surface area contributed by atoms with E-state index in [1.807, 2.05) is 13.8 Å². The quantitative estimate of drug-likeness (QED) is 0.666. The Labute approximate surface area is 113 Å². The molecule has 0 fully saturated rings. The molecule has 0 spiro atoms. The van der Waals surface area contributed by atoms with Gasteiger partial charge >= 0.3 is 0 Å². The lowest BCUT2D eigenvalue weighted by Crippen LogP contribution is -2.56. The zero-order valence-corrected chi connectivity index (χ0v) is 13.1. The Hall–Kier alpha value is -0.570. The molecule has 3 nitrogen and oxygen atoms in total. The molecular weight excluding hydrogens is 224 g/mol. The predicted molar refractivity (Wildman–Crippen MR) is 78.6 cm³/mol. The van der Waals surface area contributed by atoms with Crippen LogP contribution in [-0.4, -0.2) is 24.5 Å². The molecule has 18 heavy (non-hydrogen) atoms. The number of hydrogen-bond donors (Lipinski definition) is 2. The van der Waals surface area contributed by atoms with Crippen molar-refractivity contribution < 1.29 is 4.79 Å². The van der Waals surface area contributed by atoms with Crippen molar-refractivity contribution in [1.29, 1.82) is 0 Å². The normalized spacial score (nSPS) is 16.4. The number of hydrogen-bond acceptors (Lipinski definition) is 2. The van der Waals surface area contributed by atoms with Crippen LogP contribution in [0.3, 0.4) is 0 Å². The van der Waals surface area contributed by atoms with E-state index in [4.69, 9.17) is 0 Å². The fourth-order valence-corrected chi connectivity index (χ4v) is 2.35. The Kier molecular flexibility index (Phi) is 8.25. The Morgan fingerprint density at radius 3 is 2.22 bits per heavy atom. The van der Waals surface area contributed by atoms with Crippen LogP contribution in [0.5, 0.6) is 0 Å². The molecule has 0 heterocycles. The Balaban J connectivity index is 4.55. The second-order valence-corrected chi connectivity index (χ2v) is 5.73. The maximum Gasteiger partial charge on any atom is 0.240 e. The summed E-state index contributed by atoms with van der Waals surface area (Å²) in [5.74, 6) is 1.42. The largest absolute Gasteiger partial charge is 0.355 e. The van der Waals surface area contributed by atoms with Crippen LogP contribution in [0.4, 0.5) is 0 Å². The van der Waals surface area contributed by atoms with Crippen LogP contribution in [0, 0.1) is 11.8 Å².